The van der Waals surface area contributed by atoms with E-state index in [4.69, 9.17) is 27.9 Å². The molecule has 0 atom stereocenters. The van der Waals surface area contributed by atoms with E-state index in [0.29, 0.717) is 31.6 Å². The van der Waals surface area contributed by atoms with Gasteiger partial charge in [-0.05, 0) is 41.9 Å². The van der Waals surface area contributed by atoms with Crippen LogP contribution in [-0.2, 0) is 4.79 Å². The number of carbonyl (C=O) groups excluding carboxylic acids is 1. The monoisotopic (exact) mass is 425 g/mol. The van der Waals surface area contributed by atoms with Crippen molar-refractivity contribution in [1.82, 2.24) is 9.36 Å². The first-order valence-electron chi connectivity index (χ1n) is 7.41. The second kappa shape index (κ2) is 8.73. The molecule has 0 aliphatic rings. The summed E-state index contributed by atoms with van der Waals surface area (Å²) in [5.41, 5.74) is 1.30. The van der Waals surface area contributed by atoms with E-state index in [1.54, 1.807) is 24.3 Å². The van der Waals surface area contributed by atoms with Gasteiger partial charge >= 0.3 is 0 Å². The Labute approximate surface area is 168 Å². The number of rotatable bonds is 6. The average molecular weight is 426 g/mol. The molecule has 3 aromatic rings. The Balaban J connectivity index is 1.62. The number of hydrogen-bond donors (Lipinski definition) is 1. The predicted octanol–water partition coefficient (Wildman–Crippen LogP) is 5.25. The summed E-state index contributed by atoms with van der Waals surface area (Å²) in [5.74, 6) is 1.10. The molecule has 134 valence electrons. The number of nitrogens with one attached hydrogen (secondary N) is 1. The van der Waals surface area contributed by atoms with Crippen LogP contribution >= 0.6 is 46.5 Å². The molecule has 1 N–H and O–H groups in total. The molecule has 0 saturated carbocycles. The second-order valence-electron chi connectivity index (χ2n) is 5.05. The summed E-state index contributed by atoms with van der Waals surface area (Å²) in [6, 6.07) is 12.4. The van der Waals surface area contributed by atoms with Gasteiger partial charge in [-0.2, -0.15) is 4.37 Å². The van der Waals surface area contributed by atoms with Crippen LogP contribution in [0.25, 0.3) is 11.4 Å². The number of carbonyl (C=O) groups is 1. The fourth-order valence-electron chi connectivity index (χ4n) is 2.11. The lowest BCUT2D eigenvalue weighted by Crippen LogP contribution is -2.14. The van der Waals surface area contributed by atoms with Gasteiger partial charge in [0.25, 0.3) is 0 Å². The highest BCUT2D eigenvalue weighted by molar-refractivity contribution is 8.01. The third kappa shape index (κ3) is 4.67. The Morgan fingerprint density at radius 3 is 2.85 bits per heavy atom. The van der Waals surface area contributed by atoms with Crippen LogP contribution in [0.1, 0.15) is 0 Å². The van der Waals surface area contributed by atoms with Gasteiger partial charge in [0.1, 0.15) is 5.75 Å². The van der Waals surface area contributed by atoms with E-state index in [2.05, 4.69) is 14.7 Å². The van der Waals surface area contributed by atoms with Crippen molar-refractivity contribution in [1.29, 1.82) is 0 Å². The van der Waals surface area contributed by atoms with Gasteiger partial charge in [-0.25, -0.2) is 4.98 Å². The number of aromatic nitrogens is 2. The molecule has 0 spiro atoms. The van der Waals surface area contributed by atoms with Gasteiger partial charge < -0.3 is 10.1 Å². The van der Waals surface area contributed by atoms with Crippen molar-refractivity contribution in [2.45, 2.75) is 4.34 Å². The van der Waals surface area contributed by atoms with Crippen LogP contribution in [0.5, 0.6) is 5.75 Å². The summed E-state index contributed by atoms with van der Waals surface area (Å²) in [6.45, 7) is 0. The molecule has 0 fully saturated rings. The molecule has 5 nitrogen and oxygen atoms in total. The Bertz CT molecular complexity index is 934. The molecule has 9 heteroatoms. The van der Waals surface area contributed by atoms with Crippen molar-refractivity contribution in [2.24, 2.45) is 0 Å². The molecule has 26 heavy (non-hydrogen) atoms. The molecular formula is C17H13Cl2N3O2S2. The number of amides is 1. The predicted molar refractivity (Wildman–Crippen MR) is 108 cm³/mol. The van der Waals surface area contributed by atoms with Gasteiger partial charge in [0.2, 0.25) is 5.91 Å². The third-order valence-corrected chi connectivity index (χ3v) is 5.68. The highest BCUT2D eigenvalue weighted by Gasteiger charge is 2.13. The highest BCUT2D eigenvalue weighted by atomic mass is 35.5. The molecule has 0 saturated heterocycles. The lowest BCUT2D eigenvalue weighted by molar-refractivity contribution is -0.113. The number of methoxy groups -OCH3 is 1. The Morgan fingerprint density at radius 2 is 2.08 bits per heavy atom. The smallest absolute Gasteiger partial charge is 0.234 e. The van der Waals surface area contributed by atoms with Crippen molar-refractivity contribution in [3.05, 3.63) is 52.5 Å². The molecule has 1 heterocycles. The Kier molecular flexibility index (Phi) is 6.37. The number of nitrogens with zero attached hydrogens (tertiary/aromatic N) is 2. The van der Waals surface area contributed by atoms with Gasteiger partial charge in [0, 0.05) is 10.6 Å². The summed E-state index contributed by atoms with van der Waals surface area (Å²) < 4.78 is 10.2. The van der Waals surface area contributed by atoms with Crippen LogP contribution in [0.2, 0.25) is 10.0 Å². The molecule has 1 amide bonds. The number of hydrogen-bond acceptors (Lipinski definition) is 6. The van der Waals surface area contributed by atoms with Crippen molar-refractivity contribution >= 4 is 58.1 Å². The summed E-state index contributed by atoms with van der Waals surface area (Å²) in [5, 5.41) is 3.89. The van der Waals surface area contributed by atoms with Gasteiger partial charge in [-0.15, -0.1) is 0 Å². The van der Waals surface area contributed by atoms with Crippen LogP contribution in [0, 0.1) is 0 Å². The number of anilines is 1. The van der Waals surface area contributed by atoms with Gasteiger partial charge in [-0.3, -0.25) is 4.79 Å². The van der Waals surface area contributed by atoms with Crippen molar-refractivity contribution in [3.63, 3.8) is 0 Å². The molecule has 0 aliphatic heterocycles. The minimum atomic E-state index is -0.190. The first kappa shape index (κ1) is 19.0. The SMILES string of the molecule is COc1ccc(Cl)cc1NC(=O)CSc1nc(-c2ccccc2Cl)ns1. The number of benzene rings is 2. The zero-order valence-corrected chi connectivity index (χ0v) is 16.7. The van der Waals surface area contributed by atoms with Crippen LogP contribution < -0.4 is 10.1 Å². The highest BCUT2D eigenvalue weighted by Crippen LogP contribution is 2.30. The van der Waals surface area contributed by atoms with Crippen LogP contribution in [0.3, 0.4) is 0 Å². The summed E-state index contributed by atoms with van der Waals surface area (Å²) in [4.78, 5) is 16.6. The summed E-state index contributed by atoms with van der Waals surface area (Å²) in [6.07, 6.45) is 0. The zero-order chi connectivity index (χ0) is 18.5. The normalized spacial score (nSPS) is 10.6. The van der Waals surface area contributed by atoms with Crippen LogP contribution in [-0.4, -0.2) is 28.1 Å². The van der Waals surface area contributed by atoms with E-state index < -0.39 is 0 Å². The van der Waals surface area contributed by atoms with E-state index in [0.717, 1.165) is 5.56 Å². The minimum absolute atomic E-state index is 0.187. The van der Waals surface area contributed by atoms with E-state index in [-0.39, 0.29) is 11.7 Å². The lowest BCUT2D eigenvalue weighted by atomic mass is 10.2. The quantitative estimate of drug-likeness (QED) is 0.546. The van der Waals surface area contributed by atoms with Crippen LogP contribution in [0.15, 0.2) is 46.8 Å². The zero-order valence-electron chi connectivity index (χ0n) is 13.5. The summed E-state index contributed by atoms with van der Waals surface area (Å²) in [7, 11) is 1.53. The van der Waals surface area contributed by atoms with Crippen molar-refractivity contribution < 1.29 is 9.53 Å². The van der Waals surface area contributed by atoms with Gasteiger partial charge in [-0.1, -0.05) is 47.1 Å². The molecule has 1 aromatic heterocycles. The standard InChI is InChI=1S/C17H13Cl2N3O2S2/c1-24-14-7-6-10(18)8-13(14)20-15(23)9-25-17-21-16(22-26-17)11-4-2-3-5-12(11)19/h2-8H,9H2,1H3,(H,20,23). The number of ether oxygens (including phenoxy) is 1. The number of thioether (sulfide) groups is 1. The van der Waals surface area contributed by atoms with E-state index in [9.17, 15) is 4.79 Å². The molecule has 2 aromatic carbocycles. The fourth-order valence-corrected chi connectivity index (χ4v) is 3.91. The second-order valence-corrected chi connectivity index (χ2v) is 7.86. The Morgan fingerprint density at radius 1 is 1.27 bits per heavy atom. The molecule has 0 radical (unpaired) electrons. The third-order valence-electron chi connectivity index (χ3n) is 3.28. The van der Waals surface area contributed by atoms with Crippen molar-refractivity contribution in [3.8, 4) is 17.1 Å². The van der Waals surface area contributed by atoms with E-state index >= 15 is 0 Å². The number of halogens is 2. The molecule has 0 bridgehead atoms. The maximum absolute atomic E-state index is 12.2. The summed E-state index contributed by atoms with van der Waals surface area (Å²) >= 11 is 14.7. The first-order valence-corrected chi connectivity index (χ1v) is 9.93. The molecule has 0 aliphatic carbocycles. The van der Waals surface area contributed by atoms with Gasteiger partial charge in [0.15, 0.2) is 10.2 Å². The molecule has 3 rings (SSSR count). The maximum Gasteiger partial charge on any atom is 0.234 e. The van der Waals surface area contributed by atoms with Crippen molar-refractivity contribution in [2.75, 3.05) is 18.2 Å². The first-order chi connectivity index (χ1) is 12.6. The molecule has 0 unspecified atom stereocenters. The average Bonchev–Trinajstić information content (AvgIpc) is 3.09. The minimum Gasteiger partial charge on any atom is -0.495 e. The Hall–Kier alpha value is -1.80. The molecular weight excluding hydrogens is 413 g/mol. The fraction of sp³-hybridized carbons (Fsp3) is 0.118. The largest absolute Gasteiger partial charge is 0.495 e. The van der Waals surface area contributed by atoms with E-state index in [1.807, 2.05) is 18.2 Å². The van der Waals surface area contributed by atoms with Gasteiger partial charge in [0.05, 0.1) is 23.6 Å². The van der Waals surface area contributed by atoms with E-state index in [1.165, 1.54) is 30.4 Å². The lowest BCUT2D eigenvalue weighted by Gasteiger charge is -2.10. The maximum atomic E-state index is 12.2. The topological polar surface area (TPSA) is 64.1 Å². The van der Waals surface area contributed by atoms with Crippen LogP contribution in [0.4, 0.5) is 5.69 Å².